The molecule has 0 aromatic heterocycles. The lowest BCUT2D eigenvalue weighted by molar-refractivity contribution is 1.80. The van der Waals surface area contributed by atoms with E-state index in [1.807, 2.05) is 6.92 Å². The van der Waals surface area contributed by atoms with E-state index in [9.17, 15) is 0 Å². The Bertz CT molecular complexity index is 42.9. The van der Waals surface area contributed by atoms with Crippen LogP contribution in [0.4, 0.5) is 0 Å². The van der Waals surface area contributed by atoms with Crippen molar-refractivity contribution in [2.45, 2.75) is 6.92 Å². The Hall–Kier alpha value is 0.0647. The fraction of sp³-hybridized carbons (Fsp3) is 0.333. The number of allylic oxidation sites excluding steroid dienone is 1. The normalized spacial score (nSPS) is 5.62. The lowest BCUT2D eigenvalue weighted by Crippen LogP contribution is -2.23. The molecule has 33 valence electrons. The minimum atomic E-state index is -0.463. The molecule has 0 atom stereocenters. The van der Waals surface area contributed by atoms with Gasteiger partial charge >= 0.3 is 0 Å². The van der Waals surface area contributed by atoms with Gasteiger partial charge in [0.05, 0.1) is 0 Å². The van der Waals surface area contributed by atoms with Crippen LogP contribution in [0.2, 0.25) is 0 Å². The molecule has 5 heteroatoms. The van der Waals surface area contributed by atoms with E-state index in [1.165, 1.54) is 7.06 Å². The highest BCUT2D eigenvalue weighted by atomic mass is 13.2. The van der Waals surface area contributed by atoms with Crippen LogP contribution in [0.3, 0.4) is 0 Å². The molecule has 0 saturated heterocycles. The average Bonchev–Trinajstić information content (AvgIpc) is 1.69. The van der Waals surface area contributed by atoms with Gasteiger partial charge in [0.1, 0.15) is 0 Å². The zero-order chi connectivity index (χ0) is 6.99. The van der Waals surface area contributed by atoms with E-state index in [2.05, 4.69) is 6.58 Å². The van der Waals surface area contributed by atoms with E-state index >= 15 is 0 Å². The van der Waals surface area contributed by atoms with Crippen molar-refractivity contribution in [2.75, 3.05) is 0 Å². The summed E-state index contributed by atoms with van der Waals surface area (Å²) in [6.45, 7) is 5.25. The molecule has 0 nitrogen and oxygen atoms in total. The maximum absolute atomic E-state index is 4.89. The Labute approximate surface area is 57.0 Å². The molecule has 0 heterocycles. The molecule has 0 aliphatic heterocycles. The lowest BCUT2D eigenvalue weighted by Gasteiger charge is -1.85. The fourth-order valence-corrected chi connectivity index (χ4v) is 0. The van der Waals surface area contributed by atoms with Crippen LogP contribution in [0, 0.1) is 0 Å². The first-order valence-electron chi connectivity index (χ1n) is 2.32. The SMILES string of the molecule is C=CC.[B][B]B([B])[B]. The molecule has 0 aromatic rings. The first-order valence-corrected chi connectivity index (χ1v) is 2.32. The number of rotatable bonds is 1. The third-order valence-corrected chi connectivity index (χ3v) is 0.222. The molecule has 0 bridgehead atoms. The predicted octanol–water partition coefficient (Wildman–Crippen LogP) is -0.712. The first kappa shape index (κ1) is 10.9. The maximum atomic E-state index is 4.89. The smallest absolute Gasteiger partial charge is 0 e. The van der Waals surface area contributed by atoms with Gasteiger partial charge in [-0.25, -0.2) is 0 Å². The van der Waals surface area contributed by atoms with Crippen molar-refractivity contribution in [3.8, 4) is 0 Å². The lowest BCUT2D eigenvalue weighted by atomic mass is 8.97. The summed E-state index contributed by atoms with van der Waals surface area (Å²) in [5.41, 5.74) is 0. The van der Waals surface area contributed by atoms with Crippen LogP contribution in [0.5, 0.6) is 0 Å². The van der Waals surface area contributed by atoms with E-state index in [-0.39, 0.29) is 0 Å². The van der Waals surface area contributed by atoms with Crippen LogP contribution in [-0.2, 0) is 0 Å². The van der Waals surface area contributed by atoms with Crippen molar-refractivity contribution < 1.29 is 0 Å². The summed E-state index contributed by atoms with van der Waals surface area (Å²) < 4.78 is 0. The van der Waals surface area contributed by atoms with Gasteiger partial charge in [-0.15, -0.1) is 6.58 Å². The minimum Gasteiger partial charge on any atom is -0.103 e. The molecule has 0 aliphatic rings. The first-order chi connectivity index (χ1) is 3.68. The summed E-state index contributed by atoms with van der Waals surface area (Å²) in [7, 11) is 15.8. The maximum Gasteiger partial charge on any atom is 0 e. The summed E-state index contributed by atoms with van der Waals surface area (Å²) in [4.78, 5) is 0. The second-order valence-electron chi connectivity index (χ2n) is 1.18. The van der Waals surface area contributed by atoms with Crippen molar-refractivity contribution in [1.29, 1.82) is 0 Å². The van der Waals surface area contributed by atoms with Gasteiger partial charge in [0.2, 0.25) is 0 Å². The van der Waals surface area contributed by atoms with Gasteiger partial charge in [-0.2, -0.15) is 0 Å². The molecule has 0 rings (SSSR count). The highest BCUT2D eigenvalue weighted by molar-refractivity contribution is 7.60. The van der Waals surface area contributed by atoms with Gasteiger partial charge in [-0.3, -0.25) is 0 Å². The van der Waals surface area contributed by atoms with Gasteiger partial charge in [0.25, 0.3) is 0 Å². The van der Waals surface area contributed by atoms with Crippen LogP contribution in [0.1, 0.15) is 6.92 Å². The van der Waals surface area contributed by atoms with Crippen molar-refractivity contribution in [3.63, 3.8) is 0 Å². The molecule has 8 heavy (non-hydrogen) atoms. The molecule has 0 N–H and O–H groups in total. The van der Waals surface area contributed by atoms with Gasteiger partial charge in [-0.05, 0) is 6.92 Å². The van der Waals surface area contributed by atoms with Crippen LogP contribution >= 0.6 is 0 Å². The largest absolute Gasteiger partial charge is 0.103 e. The fourth-order valence-electron chi connectivity index (χ4n) is 0. The van der Waals surface area contributed by atoms with Gasteiger partial charge in [0.15, 0.2) is 0 Å². The molecule has 0 aromatic carbocycles. The van der Waals surface area contributed by atoms with Gasteiger partial charge in [0, 0.05) is 36.7 Å². The average molecular weight is 96.1 g/mol. The zero-order valence-corrected chi connectivity index (χ0v) is 5.17. The molecule has 0 amide bonds. The third-order valence-electron chi connectivity index (χ3n) is 0.222. The molecule has 0 saturated carbocycles. The standard InChI is InChI=1S/C3H6.B5/c1-3-2;1-4-5(2)3/h3H,1H2,2H3;. The predicted molar refractivity (Wildman–Crippen MR) is 44.6 cm³/mol. The van der Waals surface area contributed by atoms with Gasteiger partial charge in [-0.1, -0.05) is 6.08 Å². The van der Waals surface area contributed by atoms with E-state index in [0.29, 0.717) is 0 Å². The van der Waals surface area contributed by atoms with Crippen molar-refractivity contribution >= 4 is 36.7 Å². The quantitative estimate of drug-likeness (QED) is 0.299. The Kier molecular flexibility index (Phi) is 13.9. The summed E-state index contributed by atoms with van der Waals surface area (Å²) in [6.07, 6.45) is 1.29. The molecule has 0 aliphatic carbocycles. The van der Waals surface area contributed by atoms with Crippen molar-refractivity contribution in [1.82, 2.24) is 0 Å². The van der Waals surface area contributed by atoms with E-state index in [0.717, 1.165) is 0 Å². The van der Waals surface area contributed by atoms with Crippen molar-refractivity contribution in [2.24, 2.45) is 0 Å². The summed E-state index contributed by atoms with van der Waals surface area (Å²) in [5.74, 6) is 0. The van der Waals surface area contributed by atoms with Crippen LogP contribution in [0.15, 0.2) is 12.7 Å². The van der Waals surface area contributed by atoms with Gasteiger partial charge < -0.3 is 0 Å². The van der Waals surface area contributed by atoms with Crippen LogP contribution in [-0.4, -0.2) is 36.7 Å². The molecular formula is C3H6B5. The van der Waals surface area contributed by atoms with Crippen LogP contribution < -0.4 is 0 Å². The van der Waals surface area contributed by atoms with Crippen molar-refractivity contribution in [3.05, 3.63) is 12.7 Å². The zero-order valence-electron chi connectivity index (χ0n) is 5.17. The topological polar surface area (TPSA) is 0 Å². The van der Waals surface area contributed by atoms with E-state index < -0.39 is 6.39 Å². The summed E-state index contributed by atoms with van der Waals surface area (Å²) in [6, 6.07) is 0. The molecule has 7 radical (unpaired) electrons. The second-order valence-corrected chi connectivity index (χ2v) is 1.18. The van der Waals surface area contributed by atoms with Crippen LogP contribution in [0.25, 0.3) is 0 Å². The minimum absolute atomic E-state index is 0.463. The summed E-state index contributed by atoms with van der Waals surface area (Å²) in [5, 5.41) is 0. The molecule has 0 spiro atoms. The monoisotopic (exact) mass is 97.1 g/mol. The number of hydrogen-bond donors (Lipinski definition) is 0. The Morgan fingerprint density at radius 2 is 1.75 bits per heavy atom. The Balaban J connectivity index is 0. The molecule has 0 unspecified atom stereocenters. The third kappa shape index (κ3) is 36.5. The Morgan fingerprint density at radius 3 is 1.75 bits per heavy atom. The van der Waals surface area contributed by atoms with E-state index in [1.54, 1.807) is 6.08 Å². The molecule has 0 fully saturated rings. The molecular weight excluding hydrogens is 90.1 g/mol. The summed E-state index contributed by atoms with van der Waals surface area (Å²) >= 11 is 0. The number of hydrogen-bond acceptors (Lipinski definition) is 0. The Morgan fingerprint density at radius 1 is 1.62 bits per heavy atom. The highest BCUT2D eigenvalue weighted by Gasteiger charge is 1.85. The van der Waals surface area contributed by atoms with E-state index in [4.69, 9.17) is 23.2 Å². The second kappa shape index (κ2) is 10.1. The highest BCUT2D eigenvalue weighted by Crippen LogP contribution is 1.47.